The van der Waals surface area contributed by atoms with E-state index in [0.29, 0.717) is 11.8 Å². The number of cyclic esters (lactones) is 1. The Morgan fingerprint density at radius 3 is 2.48 bits per heavy atom. The maximum absolute atomic E-state index is 12.7. The third kappa shape index (κ3) is 2.89. The second-order valence-electron chi connectivity index (χ2n) is 5.65. The van der Waals surface area contributed by atoms with Crippen LogP contribution in [0.5, 0.6) is 0 Å². The molecule has 0 spiro atoms. The third-order valence-corrected chi connectivity index (χ3v) is 5.39. The Balaban J connectivity index is 2.09. The molecule has 0 bridgehead atoms. The van der Waals surface area contributed by atoms with Crippen molar-refractivity contribution in [2.45, 2.75) is 17.4 Å². The molecule has 1 heterocycles. The molecule has 2 aromatic carbocycles. The lowest BCUT2D eigenvalue weighted by Gasteiger charge is -2.17. The number of anilines is 1. The number of benzene rings is 2. The molecule has 0 saturated carbocycles. The number of nitrogens with one attached hydrogen (secondary N) is 1. The van der Waals surface area contributed by atoms with Crippen LogP contribution < -0.4 is 9.62 Å². The van der Waals surface area contributed by atoms with Crippen LogP contribution in [0.1, 0.15) is 6.42 Å². The zero-order chi connectivity index (χ0) is 16.6. The summed E-state index contributed by atoms with van der Waals surface area (Å²) in [5, 5.41) is 1.46. The first-order chi connectivity index (χ1) is 10.9. The van der Waals surface area contributed by atoms with Gasteiger partial charge in [-0.2, -0.15) is 4.72 Å². The van der Waals surface area contributed by atoms with Crippen molar-refractivity contribution in [1.82, 2.24) is 4.72 Å². The number of esters is 1. The first-order valence-corrected chi connectivity index (χ1v) is 8.76. The van der Waals surface area contributed by atoms with Crippen LogP contribution in [0.25, 0.3) is 10.8 Å². The van der Waals surface area contributed by atoms with E-state index in [0.717, 1.165) is 11.1 Å². The first-order valence-electron chi connectivity index (χ1n) is 7.28. The van der Waals surface area contributed by atoms with Gasteiger partial charge in [-0.3, -0.25) is 4.79 Å². The molecule has 122 valence electrons. The number of rotatable bonds is 4. The summed E-state index contributed by atoms with van der Waals surface area (Å²) in [4.78, 5) is 13.6. The average molecular weight is 334 g/mol. The lowest BCUT2D eigenvalue weighted by Crippen LogP contribution is -2.37. The zero-order valence-electron chi connectivity index (χ0n) is 12.9. The van der Waals surface area contributed by atoms with Gasteiger partial charge < -0.3 is 9.64 Å². The van der Waals surface area contributed by atoms with Gasteiger partial charge in [0, 0.05) is 37.0 Å². The van der Waals surface area contributed by atoms with E-state index >= 15 is 0 Å². The fourth-order valence-corrected chi connectivity index (χ4v) is 4.18. The van der Waals surface area contributed by atoms with Crippen LogP contribution in [0.4, 0.5) is 5.69 Å². The van der Waals surface area contributed by atoms with Crippen LogP contribution in [0.2, 0.25) is 0 Å². The van der Waals surface area contributed by atoms with Gasteiger partial charge in [-0.05, 0) is 12.1 Å². The summed E-state index contributed by atoms with van der Waals surface area (Å²) >= 11 is 0. The van der Waals surface area contributed by atoms with E-state index in [2.05, 4.69) is 4.72 Å². The van der Waals surface area contributed by atoms with Crippen molar-refractivity contribution in [2.75, 3.05) is 25.6 Å². The minimum Gasteiger partial charge on any atom is -0.464 e. The number of fused-ring (bicyclic) bond motifs is 1. The van der Waals surface area contributed by atoms with Crippen molar-refractivity contribution >= 4 is 32.5 Å². The van der Waals surface area contributed by atoms with Crippen molar-refractivity contribution in [2.24, 2.45) is 0 Å². The summed E-state index contributed by atoms with van der Waals surface area (Å²) < 4.78 is 32.7. The molecule has 0 aromatic heterocycles. The highest BCUT2D eigenvalue weighted by molar-refractivity contribution is 7.89. The minimum absolute atomic E-state index is 0.165. The van der Waals surface area contributed by atoms with Crippen molar-refractivity contribution < 1.29 is 17.9 Å². The predicted octanol–water partition coefficient (Wildman–Crippen LogP) is 1.50. The summed E-state index contributed by atoms with van der Waals surface area (Å²) in [6.07, 6.45) is 0.353. The molecule has 0 aliphatic carbocycles. The second-order valence-corrected chi connectivity index (χ2v) is 7.34. The summed E-state index contributed by atoms with van der Waals surface area (Å²) in [5.74, 6) is -0.525. The molecule has 1 fully saturated rings. The smallest absolute Gasteiger partial charge is 0.324 e. The van der Waals surface area contributed by atoms with Crippen LogP contribution in [0.15, 0.2) is 41.3 Å². The van der Waals surface area contributed by atoms with Crippen molar-refractivity contribution in [3.8, 4) is 0 Å². The standard InChI is InChI=1S/C16H18N2O4S/c1-18(2)14-7-3-6-12-11(14)5-4-8-15(12)23(20,21)17-13-9-10-22-16(13)19/h3-8,13,17H,9-10H2,1-2H3/t13-/m0/s1. The first kappa shape index (κ1) is 15.8. The number of hydrogen-bond acceptors (Lipinski definition) is 5. The molecule has 0 radical (unpaired) electrons. The number of ether oxygens (including phenoxy) is 1. The number of carbonyl (C=O) groups excluding carboxylic acids is 1. The monoisotopic (exact) mass is 334 g/mol. The molecule has 23 heavy (non-hydrogen) atoms. The third-order valence-electron chi connectivity index (χ3n) is 3.86. The molecule has 2 aromatic rings. The Morgan fingerprint density at radius 2 is 1.83 bits per heavy atom. The van der Waals surface area contributed by atoms with Crippen molar-refractivity contribution in [3.05, 3.63) is 36.4 Å². The van der Waals surface area contributed by atoms with Gasteiger partial charge in [0.1, 0.15) is 6.04 Å². The molecule has 3 rings (SSSR count). The van der Waals surface area contributed by atoms with Gasteiger partial charge >= 0.3 is 5.97 Å². The fourth-order valence-electron chi connectivity index (χ4n) is 2.74. The average Bonchev–Trinajstić information content (AvgIpc) is 2.90. The maximum Gasteiger partial charge on any atom is 0.324 e. The van der Waals surface area contributed by atoms with E-state index in [1.54, 1.807) is 18.2 Å². The quantitative estimate of drug-likeness (QED) is 0.858. The molecule has 1 atom stereocenters. The minimum atomic E-state index is -3.82. The van der Waals surface area contributed by atoms with Crippen LogP contribution >= 0.6 is 0 Å². The molecule has 6 nitrogen and oxygen atoms in total. The topological polar surface area (TPSA) is 75.7 Å². The fraction of sp³-hybridized carbons (Fsp3) is 0.312. The van der Waals surface area contributed by atoms with Crippen LogP contribution in [0.3, 0.4) is 0 Å². The summed E-state index contributed by atoms with van der Waals surface area (Å²) in [6, 6.07) is 9.84. The number of carbonyl (C=O) groups is 1. The van der Waals surface area contributed by atoms with Gasteiger partial charge in [0.25, 0.3) is 0 Å². The van der Waals surface area contributed by atoms with E-state index in [1.165, 1.54) is 0 Å². The second kappa shape index (κ2) is 5.82. The van der Waals surface area contributed by atoms with Gasteiger partial charge in [-0.1, -0.05) is 24.3 Å². The molecule has 0 unspecified atom stereocenters. The van der Waals surface area contributed by atoms with E-state index in [9.17, 15) is 13.2 Å². The largest absolute Gasteiger partial charge is 0.464 e. The number of sulfonamides is 1. The molecular formula is C16H18N2O4S. The summed E-state index contributed by atoms with van der Waals surface area (Å²) in [6.45, 7) is 0.242. The number of nitrogens with zero attached hydrogens (tertiary/aromatic N) is 1. The van der Waals surface area contributed by atoms with E-state index < -0.39 is 22.0 Å². The van der Waals surface area contributed by atoms with E-state index in [1.807, 2.05) is 37.2 Å². The maximum atomic E-state index is 12.7. The van der Waals surface area contributed by atoms with Gasteiger partial charge in [-0.25, -0.2) is 8.42 Å². The van der Waals surface area contributed by atoms with Gasteiger partial charge in [-0.15, -0.1) is 0 Å². The summed E-state index contributed by atoms with van der Waals surface area (Å²) in [7, 11) is -0.00406. The summed E-state index contributed by atoms with van der Waals surface area (Å²) in [5.41, 5.74) is 0.930. The van der Waals surface area contributed by atoms with Gasteiger partial charge in [0.15, 0.2) is 0 Å². The predicted molar refractivity (Wildman–Crippen MR) is 88.0 cm³/mol. The van der Waals surface area contributed by atoms with Crippen LogP contribution in [-0.2, 0) is 19.6 Å². The lowest BCUT2D eigenvalue weighted by atomic mass is 10.1. The van der Waals surface area contributed by atoms with Crippen LogP contribution in [-0.4, -0.2) is 41.1 Å². The lowest BCUT2D eigenvalue weighted by molar-refractivity contribution is -0.139. The van der Waals surface area contributed by atoms with Crippen molar-refractivity contribution in [1.29, 1.82) is 0 Å². The molecule has 0 amide bonds. The molecule has 1 aliphatic rings. The Bertz CT molecular complexity index is 862. The SMILES string of the molecule is CN(C)c1cccc2c(S(=O)(=O)N[C@H]3CCOC3=O)cccc12. The highest BCUT2D eigenvalue weighted by Gasteiger charge is 2.32. The van der Waals surface area contributed by atoms with E-state index in [4.69, 9.17) is 4.74 Å². The molecule has 7 heteroatoms. The molecule has 1 aliphatic heterocycles. The normalized spacial score (nSPS) is 18.2. The van der Waals surface area contributed by atoms with Crippen molar-refractivity contribution in [3.63, 3.8) is 0 Å². The van der Waals surface area contributed by atoms with Crippen LogP contribution in [0, 0.1) is 0 Å². The zero-order valence-corrected chi connectivity index (χ0v) is 13.8. The van der Waals surface area contributed by atoms with E-state index in [-0.39, 0.29) is 11.5 Å². The Hall–Kier alpha value is -2.12. The highest BCUT2D eigenvalue weighted by Crippen LogP contribution is 2.30. The Kier molecular flexibility index (Phi) is 3.99. The molecular weight excluding hydrogens is 316 g/mol. The van der Waals surface area contributed by atoms with Gasteiger partial charge in [0.2, 0.25) is 10.0 Å². The van der Waals surface area contributed by atoms with Gasteiger partial charge in [0.05, 0.1) is 11.5 Å². The molecule has 1 saturated heterocycles. The molecule has 1 N–H and O–H groups in total. The highest BCUT2D eigenvalue weighted by atomic mass is 32.2. The Labute approximate surface area is 135 Å². The number of hydrogen-bond donors (Lipinski definition) is 1. The Morgan fingerprint density at radius 1 is 1.13 bits per heavy atom.